The van der Waals surface area contributed by atoms with E-state index in [2.05, 4.69) is 33.5 Å². The molecule has 3 aliphatic rings. The van der Waals surface area contributed by atoms with Gasteiger partial charge in [0.1, 0.15) is 6.29 Å². The highest BCUT2D eigenvalue weighted by molar-refractivity contribution is 5.74. The molecule has 144 valence electrons. The molecule has 0 aromatic rings. The molecular weight excluding hydrogens is 318 g/mol. The van der Waals surface area contributed by atoms with Crippen molar-refractivity contribution in [2.24, 2.45) is 11.8 Å². The quantitative estimate of drug-likeness (QED) is 0.440. The van der Waals surface area contributed by atoms with Crippen LogP contribution in [0, 0.1) is 11.8 Å². The fourth-order valence-electron chi connectivity index (χ4n) is 4.85. The SMILES string of the molecule is CC1CC(NCCO)NC(NC(=O)NC2CCC3CCCCC3C2)N1. The average Bonchev–Trinajstić information content (AvgIpc) is 2.59. The molecule has 2 amide bonds. The van der Waals surface area contributed by atoms with Gasteiger partial charge in [-0.1, -0.05) is 25.7 Å². The fraction of sp³-hybridized carbons (Fsp3) is 0.944. The van der Waals surface area contributed by atoms with Crippen molar-refractivity contribution in [2.75, 3.05) is 13.2 Å². The summed E-state index contributed by atoms with van der Waals surface area (Å²) in [4.78, 5) is 12.4. The molecule has 1 heterocycles. The molecule has 7 nitrogen and oxygen atoms in total. The Morgan fingerprint density at radius 3 is 2.64 bits per heavy atom. The number of fused-ring (bicyclic) bond motifs is 1. The summed E-state index contributed by atoms with van der Waals surface area (Å²) in [5.41, 5.74) is 0. The lowest BCUT2D eigenvalue weighted by Gasteiger charge is -2.40. The second kappa shape index (κ2) is 9.16. The molecule has 0 aromatic heterocycles. The molecule has 3 fully saturated rings. The number of hydrogen-bond donors (Lipinski definition) is 6. The average molecular weight is 354 g/mol. The van der Waals surface area contributed by atoms with E-state index in [0.717, 1.165) is 31.1 Å². The zero-order chi connectivity index (χ0) is 17.6. The van der Waals surface area contributed by atoms with E-state index < -0.39 is 0 Å². The Hall–Kier alpha value is -0.890. The summed E-state index contributed by atoms with van der Waals surface area (Å²) in [6.07, 6.45) is 9.73. The maximum absolute atomic E-state index is 12.4. The van der Waals surface area contributed by atoms with Crippen molar-refractivity contribution in [2.45, 2.75) is 82.8 Å². The van der Waals surface area contributed by atoms with E-state index in [1.54, 1.807) is 0 Å². The Kier molecular flexibility index (Phi) is 6.92. The van der Waals surface area contributed by atoms with E-state index >= 15 is 0 Å². The summed E-state index contributed by atoms with van der Waals surface area (Å²) in [6.45, 7) is 2.77. The number of carbonyl (C=O) groups is 1. The molecule has 6 N–H and O–H groups in total. The molecule has 6 unspecified atom stereocenters. The van der Waals surface area contributed by atoms with Crippen molar-refractivity contribution < 1.29 is 9.90 Å². The van der Waals surface area contributed by atoms with Crippen molar-refractivity contribution in [1.29, 1.82) is 0 Å². The fourth-order valence-corrected chi connectivity index (χ4v) is 4.85. The molecule has 0 bridgehead atoms. The number of rotatable bonds is 5. The molecule has 7 heteroatoms. The van der Waals surface area contributed by atoms with Crippen molar-refractivity contribution in [1.82, 2.24) is 26.6 Å². The van der Waals surface area contributed by atoms with Crippen LogP contribution < -0.4 is 26.6 Å². The van der Waals surface area contributed by atoms with Gasteiger partial charge in [-0.25, -0.2) is 4.79 Å². The van der Waals surface area contributed by atoms with Crippen molar-refractivity contribution in [3.05, 3.63) is 0 Å². The van der Waals surface area contributed by atoms with Gasteiger partial charge in [0, 0.05) is 18.6 Å². The highest BCUT2D eigenvalue weighted by Gasteiger charge is 2.33. The van der Waals surface area contributed by atoms with Crippen LogP contribution >= 0.6 is 0 Å². The number of amides is 2. The van der Waals surface area contributed by atoms with Gasteiger partial charge in [-0.2, -0.15) is 0 Å². The first kappa shape index (κ1) is 18.9. The van der Waals surface area contributed by atoms with Crippen molar-refractivity contribution in [3.8, 4) is 0 Å². The lowest BCUT2D eigenvalue weighted by molar-refractivity contribution is 0.141. The number of hydrogen-bond acceptors (Lipinski definition) is 5. The number of aliphatic hydroxyl groups is 1. The van der Waals surface area contributed by atoms with Crippen LogP contribution in [0.2, 0.25) is 0 Å². The summed E-state index contributed by atoms with van der Waals surface area (Å²) in [5, 5.41) is 25.1. The van der Waals surface area contributed by atoms with Gasteiger partial charge in [-0.05, 0) is 44.4 Å². The Bertz CT molecular complexity index is 436. The molecule has 0 radical (unpaired) electrons. The number of aliphatic hydroxyl groups excluding tert-OH is 1. The third kappa shape index (κ3) is 5.54. The molecule has 1 aliphatic heterocycles. The standard InChI is InChI=1S/C18H35N5O2/c1-12-10-16(19-8-9-24)22-17(20-12)23-18(25)21-15-7-6-13-4-2-3-5-14(13)11-15/h12-17,19-20,22,24H,2-11H2,1H3,(H2,21,23,25). The lowest BCUT2D eigenvalue weighted by Crippen LogP contribution is -2.68. The number of urea groups is 1. The van der Waals surface area contributed by atoms with E-state index in [1.807, 2.05) is 0 Å². The minimum absolute atomic E-state index is 0.0892. The van der Waals surface area contributed by atoms with Crippen molar-refractivity contribution in [3.63, 3.8) is 0 Å². The van der Waals surface area contributed by atoms with Gasteiger partial charge in [0.25, 0.3) is 0 Å². The zero-order valence-corrected chi connectivity index (χ0v) is 15.4. The monoisotopic (exact) mass is 353 g/mol. The van der Waals surface area contributed by atoms with Gasteiger partial charge >= 0.3 is 6.03 Å². The van der Waals surface area contributed by atoms with Gasteiger partial charge in [0.05, 0.1) is 12.8 Å². The first-order valence-electron chi connectivity index (χ1n) is 10.1. The Labute approximate surface area is 151 Å². The number of nitrogens with one attached hydrogen (secondary N) is 5. The number of carbonyl (C=O) groups excluding carboxylic acids is 1. The topological polar surface area (TPSA) is 97.5 Å². The first-order chi connectivity index (χ1) is 12.1. The Morgan fingerprint density at radius 1 is 1.04 bits per heavy atom. The van der Waals surface area contributed by atoms with Crippen LogP contribution in [0.1, 0.15) is 58.3 Å². The third-order valence-corrected chi connectivity index (χ3v) is 6.06. The molecule has 6 atom stereocenters. The van der Waals surface area contributed by atoms with Crippen LogP contribution in [-0.2, 0) is 0 Å². The van der Waals surface area contributed by atoms with E-state index in [4.69, 9.17) is 5.11 Å². The molecule has 0 spiro atoms. The molecule has 25 heavy (non-hydrogen) atoms. The van der Waals surface area contributed by atoms with E-state index in [0.29, 0.717) is 18.6 Å². The minimum Gasteiger partial charge on any atom is -0.395 e. The van der Waals surface area contributed by atoms with Gasteiger partial charge in [0.15, 0.2) is 0 Å². The van der Waals surface area contributed by atoms with Crippen LogP contribution in [0.4, 0.5) is 4.79 Å². The zero-order valence-electron chi connectivity index (χ0n) is 15.4. The van der Waals surface area contributed by atoms with E-state index in [1.165, 1.54) is 32.1 Å². The summed E-state index contributed by atoms with van der Waals surface area (Å²) in [6, 6.07) is 0.503. The van der Waals surface area contributed by atoms with Crippen LogP contribution in [0.25, 0.3) is 0 Å². The molecule has 2 saturated carbocycles. The Morgan fingerprint density at radius 2 is 1.84 bits per heavy atom. The van der Waals surface area contributed by atoms with Gasteiger partial charge in [-0.15, -0.1) is 0 Å². The highest BCUT2D eigenvalue weighted by Crippen LogP contribution is 2.40. The van der Waals surface area contributed by atoms with Crippen LogP contribution in [-0.4, -0.2) is 48.8 Å². The molecule has 3 rings (SSSR count). The van der Waals surface area contributed by atoms with Crippen LogP contribution in [0.5, 0.6) is 0 Å². The van der Waals surface area contributed by atoms with Crippen LogP contribution in [0.15, 0.2) is 0 Å². The summed E-state index contributed by atoms with van der Waals surface area (Å²) < 4.78 is 0. The Balaban J connectivity index is 1.42. The summed E-state index contributed by atoms with van der Waals surface area (Å²) >= 11 is 0. The third-order valence-electron chi connectivity index (χ3n) is 6.06. The predicted octanol–water partition coefficient (Wildman–Crippen LogP) is 0.808. The first-order valence-corrected chi connectivity index (χ1v) is 10.1. The smallest absolute Gasteiger partial charge is 0.317 e. The maximum Gasteiger partial charge on any atom is 0.317 e. The van der Waals surface area contributed by atoms with Crippen LogP contribution in [0.3, 0.4) is 0 Å². The summed E-state index contributed by atoms with van der Waals surface area (Å²) in [7, 11) is 0. The minimum atomic E-state index is -0.258. The predicted molar refractivity (Wildman–Crippen MR) is 97.8 cm³/mol. The highest BCUT2D eigenvalue weighted by atomic mass is 16.3. The molecule has 0 aromatic carbocycles. The van der Waals surface area contributed by atoms with Gasteiger partial charge in [-0.3, -0.25) is 16.0 Å². The van der Waals surface area contributed by atoms with Gasteiger partial charge in [0.2, 0.25) is 0 Å². The molecule has 2 aliphatic carbocycles. The van der Waals surface area contributed by atoms with E-state index in [9.17, 15) is 4.79 Å². The molecular formula is C18H35N5O2. The lowest BCUT2D eigenvalue weighted by atomic mass is 9.69. The largest absolute Gasteiger partial charge is 0.395 e. The van der Waals surface area contributed by atoms with Crippen molar-refractivity contribution >= 4 is 6.03 Å². The second-order valence-electron chi connectivity index (χ2n) is 8.07. The van der Waals surface area contributed by atoms with Gasteiger partial charge < -0.3 is 15.7 Å². The normalized spacial score (nSPS) is 38.6. The summed E-state index contributed by atoms with van der Waals surface area (Å²) in [5.74, 6) is 1.71. The van der Waals surface area contributed by atoms with E-state index in [-0.39, 0.29) is 25.1 Å². The molecule has 1 saturated heterocycles. The second-order valence-corrected chi connectivity index (χ2v) is 8.07. The maximum atomic E-state index is 12.4.